The second-order valence-electron chi connectivity index (χ2n) is 5.05. The van der Waals surface area contributed by atoms with Crippen LogP contribution in [0.3, 0.4) is 0 Å². The topological polar surface area (TPSA) is 58.6 Å². The molecule has 2 amide bonds. The van der Waals surface area contributed by atoms with E-state index in [2.05, 4.69) is 21.2 Å². The monoisotopic (exact) mass is 372 g/mol. The smallest absolute Gasteiger partial charge is 0.257 e. The van der Waals surface area contributed by atoms with Gasteiger partial charge in [0.1, 0.15) is 0 Å². The van der Waals surface area contributed by atoms with E-state index < -0.39 is 5.82 Å². The van der Waals surface area contributed by atoms with Gasteiger partial charge in [0.25, 0.3) is 5.91 Å². The third-order valence-electron chi connectivity index (χ3n) is 3.35. The second-order valence-corrected chi connectivity index (χ2v) is 5.97. The molecule has 0 aliphatic carbocycles. The fourth-order valence-corrected chi connectivity index (χ4v) is 2.56. The lowest BCUT2D eigenvalue weighted by Crippen LogP contribution is -2.33. The summed E-state index contributed by atoms with van der Waals surface area (Å²) in [6, 6.07) is 4.38. The molecule has 0 radical (unpaired) electrons. The summed E-state index contributed by atoms with van der Waals surface area (Å²) in [7, 11) is 0. The summed E-state index contributed by atoms with van der Waals surface area (Å²) in [5.41, 5.74) is 0. The van der Waals surface area contributed by atoms with Gasteiger partial charge < -0.3 is 15.0 Å². The molecule has 1 aliphatic heterocycles. The highest BCUT2D eigenvalue weighted by Gasteiger charge is 2.19. The van der Waals surface area contributed by atoms with Gasteiger partial charge in [-0.15, -0.1) is 0 Å². The van der Waals surface area contributed by atoms with Crippen molar-refractivity contribution in [2.45, 2.75) is 19.3 Å². The minimum absolute atomic E-state index is 0.0426. The minimum Gasteiger partial charge on any atom is -0.481 e. The molecule has 22 heavy (non-hydrogen) atoms. The molecule has 0 bridgehead atoms. The minimum atomic E-state index is -0.519. The summed E-state index contributed by atoms with van der Waals surface area (Å²) in [5, 5.41) is 2.69. The molecule has 0 unspecified atom stereocenters. The second kappa shape index (κ2) is 8.12. The summed E-state index contributed by atoms with van der Waals surface area (Å²) in [6.07, 6.45) is 2.24. The Morgan fingerprint density at radius 1 is 1.45 bits per heavy atom. The molecule has 0 atom stereocenters. The van der Waals surface area contributed by atoms with E-state index in [1.165, 1.54) is 12.1 Å². The molecular weight excluding hydrogens is 355 g/mol. The van der Waals surface area contributed by atoms with Crippen molar-refractivity contribution in [2.75, 3.05) is 26.2 Å². The number of hydrogen-bond donors (Lipinski definition) is 1. The van der Waals surface area contributed by atoms with Gasteiger partial charge in [0.2, 0.25) is 5.91 Å². The normalized spacial score (nSPS) is 14.3. The van der Waals surface area contributed by atoms with Crippen LogP contribution in [0.25, 0.3) is 0 Å². The van der Waals surface area contributed by atoms with Gasteiger partial charge in [0.05, 0.1) is 0 Å². The van der Waals surface area contributed by atoms with Crippen LogP contribution in [0.2, 0.25) is 0 Å². The molecule has 0 saturated carbocycles. The van der Waals surface area contributed by atoms with E-state index in [-0.39, 0.29) is 24.2 Å². The average molecular weight is 373 g/mol. The van der Waals surface area contributed by atoms with Crippen LogP contribution in [0.15, 0.2) is 22.7 Å². The standard InChI is InChI=1S/C15H18BrFN2O3/c16-11-4-5-13(12(17)9-11)22-10-14(20)18-6-2-8-19-7-1-3-15(19)21/h4-5,9H,1-3,6-8,10H2,(H,18,20). The Morgan fingerprint density at radius 2 is 2.27 bits per heavy atom. The van der Waals surface area contributed by atoms with E-state index >= 15 is 0 Å². The van der Waals surface area contributed by atoms with E-state index in [0.29, 0.717) is 30.4 Å². The lowest BCUT2D eigenvalue weighted by molar-refractivity contribution is -0.127. The molecule has 5 nitrogen and oxygen atoms in total. The molecule has 1 aromatic rings. The maximum Gasteiger partial charge on any atom is 0.257 e. The van der Waals surface area contributed by atoms with Crippen molar-refractivity contribution in [1.82, 2.24) is 10.2 Å². The fourth-order valence-electron chi connectivity index (χ4n) is 2.22. The SMILES string of the molecule is O=C(COc1ccc(Br)cc1F)NCCCN1CCCC1=O. The molecule has 1 fully saturated rings. The number of amides is 2. The summed E-state index contributed by atoms with van der Waals surface area (Å²) >= 11 is 3.15. The van der Waals surface area contributed by atoms with Crippen LogP contribution in [0.5, 0.6) is 5.75 Å². The zero-order valence-electron chi connectivity index (χ0n) is 12.1. The van der Waals surface area contributed by atoms with E-state index in [0.717, 1.165) is 13.0 Å². The van der Waals surface area contributed by atoms with Gasteiger partial charge in [-0.1, -0.05) is 15.9 Å². The summed E-state index contributed by atoms with van der Waals surface area (Å²) < 4.78 is 19.2. The maximum absolute atomic E-state index is 13.5. The van der Waals surface area contributed by atoms with E-state index in [1.54, 1.807) is 11.0 Å². The van der Waals surface area contributed by atoms with Gasteiger partial charge in [0, 0.05) is 30.5 Å². The van der Waals surface area contributed by atoms with Crippen molar-refractivity contribution in [3.63, 3.8) is 0 Å². The molecule has 0 aromatic heterocycles. The Bertz CT molecular complexity index is 554. The number of nitrogens with zero attached hydrogens (tertiary/aromatic N) is 1. The van der Waals surface area contributed by atoms with Gasteiger partial charge >= 0.3 is 0 Å². The van der Waals surface area contributed by atoms with E-state index in [9.17, 15) is 14.0 Å². The molecule has 1 saturated heterocycles. The third kappa shape index (κ3) is 4.98. The maximum atomic E-state index is 13.5. The number of likely N-dealkylation sites (tertiary alicyclic amines) is 1. The van der Waals surface area contributed by atoms with E-state index in [4.69, 9.17) is 4.74 Å². The van der Waals surface area contributed by atoms with Crippen molar-refractivity contribution in [2.24, 2.45) is 0 Å². The van der Waals surface area contributed by atoms with Gasteiger partial charge in [-0.25, -0.2) is 4.39 Å². The number of carbonyl (C=O) groups excluding carboxylic acids is 2. The number of carbonyl (C=O) groups is 2. The Labute approximate surface area is 136 Å². The van der Waals surface area contributed by atoms with Crippen LogP contribution >= 0.6 is 15.9 Å². The van der Waals surface area contributed by atoms with Crippen LogP contribution in [-0.2, 0) is 9.59 Å². The first-order valence-electron chi connectivity index (χ1n) is 7.18. The van der Waals surface area contributed by atoms with Crippen LogP contribution in [0, 0.1) is 5.82 Å². The Balaban J connectivity index is 1.62. The van der Waals surface area contributed by atoms with Crippen LogP contribution < -0.4 is 10.1 Å². The predicted octanol–water partition coefficient (Wildman–Crippen LogP) is 2.10. The summed E-state index contributed by atoms with van der Waals surface area (Å²) in [6.45, 7) is 1.69. The highest BCUT2D eigenvalue weighted by atomic mass is 79.9. The Kier molecular flexibility index (Phi) is 6.18. The van der Waals surface area contributed by atoms with Crippen molar-refractivity contribution in [1.29, 1.82) is 0 Å². The Morgan fingerprint density at radius 3 is 2.95 bits per heavy atom. The van der Waals surface area contributed by atoms with Crippen molar-refractivity contribution in [3.8, 4) is 5.75 Å². The molecule has 120 valence electrons. The fraction of sp³-hybridized carbons (Fsp3) is 0.467. The quantitative estimate of drug-likeness (QED) is 0.745. The largest absolute Gasteiger partial charge is 0.481 e. The first-order valence-corrected chi connectivity index (χ1v) is 7.98. The summed E-state index contributed by atoms with van der Waals surface area (Å²) in [5.74, 6) is -0.605. The lowest BCUT2D eigenvalue weighted by atomic mass is 10.3. The lowest BCUT2D eigenvalue weighted by Gasteiger charge is -2.15. The van der Waals surface area contributed by atoms with Crippen molar-refractivity contribution < 1.29 is 18.7 Å². The molecular formula is C15H18BrFN2O3. The number of halogens is 2. The number of ether oxygens (including phenoxy) is 1. The van der Waals surface area contributed by atoms with Crippen LogP contribution in [-0.4, -0.2) is 43.0 Å². The number of benzene rings is 1. The van der Waals surface area contributed by atoms with Crippen molar-refractivity contribution >= 4 is 27.7 Å². The molecule has 2 rings (SSSR count). The molecule has 0 spiro atoms. The molecule has 7 heteroatoms. The van der Waals surface area contributed by atoms with Crippen LogP contribution in [0.4, 0.5) is 4.39 Å². The average Bonchev–Trinajstić information content (AvgIpc) is 2.88. The first kappa shape index (κ1) is 16.7. The predicted molar refractivity (Wildman–Crippen MR) is 83.0 cm³/mol. The molecule has 1 heterocycles. The van der Waals surface area contributed by atoms with E-state index in [1.807, 2.05) is 0 Å². The highest BCUT2D eigenvalue weighted by molar-refractivity contribution is 9.10. The molecule has 1 aliphatic rings. The number of rotatable bonds is 7. The summed E-state index contributed by atoms with van der Waals surface area (Å²) in [4.78, 5) is 24.8. The first-order chi connectivity index (χ1) is 10.6. The van der Waals surface area contributed by atoms with Gasteiger partial charge in [0.15, 0.2) is 18.2 Å². The number of hydrogen-bond acceptors (Lipinski definition) is 3. The van der Waals surface area contributed by atoms with Crippen LogP contribution in [0.1, 0.15) is 19.3 Å². The van der Waals surface area contributed by atoms with Crippen molar-refractivity contribution in [3.05, 3.63) is 28.5 Å². The number of nitrogens with one attached hydrogen (secondary N) is 1. The molecule has 1 N–H and O–H groups in total. The van der Waals surface area contributed by atoms with Gasteiger partial charge in [-0.3, -0.25) is 9.59 Å². The zero-order valence-corrected chi connectivity index (χ0v) is 13.7. The van der Waals surface area contributed by atoms with Gasteiger partial charge in [-0.2, -0.15) is 0 Å². The highest BCUT2D eigenvalue weighted by Crippen LogP contribution is 2.21. The Hall–Kier alpha value is -1.63. The zero-order chi connectivity index (χ0) is 15.9. The third-order valence-corrected chi connectivity index (χ3v) is 3.84. The van der Waals surface area contributed by atoms with Gasteiger partial charge in [-0.05, 0) is 31.0 Å². The molecule has 1 aromatic carbocycles.